The highest BCUT2D eigenvalue weighted by Crippen LogP contribution is 2.19. The minimum atomic E-state index is 0. The Hall–Kier alpha value is -0.560. The molecule has 1 saturated carbocycles. The van der Waals surface area contributed by atoms with Gasteiger partial charge in [0.1, 0.15) is 0 Å². The molecule has 0 aromatic heterocycles. The number of piperazine rings is 1. The van der Waals surface area contributed by atoms with Gasteiger partial charge in [-0.05, 0) is 51.1 Å². The molecule has 0 spiro atoms. The summed E-state index contributed by atoms with van der Waals surface area (Å²) in [5.41, 5.74) is 0. The zero-order valence-corrected chi connectivity index (χ0v) is 18.6. The third-order valence-electron chi connectivity index (χ3n) is 6.29. The Morgan fingerprint density at radius 2 is 1.54 bits per heavy atom. The first-order chi connectivity index (χ1) is 12.7. The molecule has 3 aliphatic rings. The maximum absolute atomic E-state index is 12.4. The summed E-state index contributed by atoms with van der Waals surface area (Å²) in [6, 6.07) is 0.383. The molecule has 3 fully saturated rings. The van der Waals surface area contributed by atoms with Gasteiger partial charge >= 0.3 is 0 Å². The minimum Gasteiger partial charge on any atom is -0.352 e. The molecule has 2 aliphatic heterocycles. The van der Waals surface area contributed by atoms with E-state index in [1.54, 1.807) is 0 Å². The van der Waals surface area contributed by atoms with Gasteiger partial charge in [-0.15, -0.1) is 24.8 Å². The molecule has 0 aromatic carbocycles. The fourth-order valence-corrected chi connectivity index (χ4v) is 4.53. The third kappa shape index (κ3) is 8.44. The molecule has 0 atom stereocenters. The number of nitrogens with one attached hydrogen (secondary N) is 2. The highest BCUT2D eigenvalue weighted by molar-refractivity contribution is 5.85. The Kier molecular flexibility index (Phi) is 12.4. The molecule has 1 aliphatic carbocycles. The Morgan fingerprint density at radius 1 is 0.893 bits per heavy atom. The summed E-state index contributed by atoms with van der Waals surface area (Å²) in [5, 5.41) is 6.57. The molecule has 164 valence electrons. The Bertz CT molecular complexity index is 461. The molecule has 3 rings (SSSR count). The van der Waals surface area contributed by atoms with Crippen molar-refractivity contribution in [3.05, 3.63) is 0 Å². The van der Waals surface area contributed by atoms with Crippen LogP contribution < -0.4 is 10.6 Å². The van der Waals surface area contributed by atoms with Crippen LogP contribution in [0.4, 0.5) is 0 Å². The van der Waals surface area contributed by atoms with Crippen molar-refractivity contribution in [2.45, 2.75) is 63.8 Å². The molecule has 0 aromatic rings. The van der Waals surface area contributed by atoms with Gasteiger partial charge in [0.2, 0.25) is 11.8 Å². The topological polar surface area (TPSA) is 64.7 Å². The van der Waals surface area contributed by atoms with E-state index in [2.05, 4.69) is 15.5 Å². The molecule has 2 heterocycles. The van der Waals surface area contributed by atoms with E-state index < -0.39 is 0 Å². The van der Waals surface area contributed by atoms with E-state index in [-0.39, 0.29) is 30.7 Å². The van der Waals surface area contributed by atoms with E-state index >= 15 is 0 Å². The van der Waals surface area contributed by atoms with Crippen LogP contribution in [0.2, 0.25) is 0 Å². The van der Waals surface area contributed by atoms with Crippen molar-refractivity contribution in [1.29, 1.82) is 0 Å². The van der Waals surface area contributed by atoms with Crippen molar-refractivity contribution in [2.24, 2.45) is 5.92 Å². The molecule has 2 amide bonds. The normalized spacial score (nSPS) is 22.1. The van der Waals surface area contributed by atoms with Gasteiger partial charge in [0, 0.05) is 38.6 Å². The zero-order chi connectivity index (χ0) is 18.2. The SMILES string of the molecule is Cl.Cl.O=C(CN1CCN(C(=O)CCC2CCNCC2)CC1)NC1CCCCC1. The van der Waals surface area contributed by atoms with Gasteiger partial charge in [-0.25, -0.2) is 0 Å². The summed E-state index contributed by atoms with van der Waals surface area (Å²) < 4.78 is 0. The van der Waals surface area contributed by atoms with E-state index in [4.69, 9.17) is 0 Å². The number of halogens is 2. The molecular formula is C20H38Cl2N4O2. The second kappa shape index (κ2) is 13.6. The number of carbonyl (C=O) groups is 2. The number of hydrogen-bond donors (Lipinski definition) is 2. The number of rotatable bonds is 6. The predicted molar refractivity (Wildman–Crippen MR) is 117 cm³/mol. The quantitative estimate of drug-likeness (QED) is 0.669. The maximum Gasteiger partial charge on any atom is 0.234 e. The summed E-state index contributed by atoms with van der Waals surface area (Å²) in [6.45, 7) is 5.84. The minimum absolute atomic E-state index is 0. The molecule has 2 N–H and O–H groups in total. The van der Waals surface area contributed by atoms with Crippen LogP contribution >= 0.6 is 24.8 Å². The number of hydrogen-bond acceptors (Lipinski definition) is 4. The fourth-order valence-electron chi connectivity index (χ4n) is 4.53. The fraction of sp³-hybridized carbons (Fsp3) is 0.900. The van der Waals surface area contributed by atoms with Gasteiger partial charge < -0.3 is 15.5 Å². The smallest absolute Gasteiger partial charge is 0.234 e. The van der Waals surface area contributed by atoms with Gasteiger partial charge in [0.15, 0.2) is 0 Å². The van der Waals surface area contributed by atoms with E-state index in [1.807, 2.05) is 4.90 Å². The predicted octanol–water partition coefficient (Wildman–Crippen LogP) is 2.20. The molecule has 8 heteroatoms. The van der Waals surface area contributed by atoms with Gasteiger partial charge in [0.25, 0.3) is 0 Å². The van der Waals surface area contributed by atoms with Gasteiger partial charge in [0.05, 0.1) is 6.54 Å². The van der Waals surface area contributed by atoms with Crippen LogP contribution in [0.5, 0.6) is 0 Å². The first-order valence-electron chi connectivity index (χ1n) is 10.7. The first-order valence-corrected chi connectivity index (χ1v) is 10.7. The van der Waals surface area contributed by atoms with Gasteiger partial charge in [-0.1, -0.05) is 19.3 Å². The average Bonchev–Trinajstić information content (AvgIpc) is 2.68. The van der Waals surface area contributed by atoms with Crippen molar-refractivity contribution in [3.8, 4) is 0 Å². The summed E-state index contributed by atoms with van der Waals surface area (Å²) in [6.07, 6.45) is 10.2. The van der Waals surface area contributed by atoms with Crippen molar-refractivity contribution in [3.63, 3.8) is 0 Å². The number of piperidine rings is 1. The van der Waals surface area contributed by atoms with Crippen LogP contribution in [0.15, 0.2) is 0 Å². The van der Waals surface area contributed by atoms with Crippen molar-refractivity contribution in [1.82, 2.24) is 20.4 Å². The lowest BCUT2D eigenvalue weighted by atomic mass is 9.93. The summed E-state index contributed by atoms with van der Waals surface area (Å²) in [4.78, 5) is 28.9. The zero-order valence-electron chi connectivity index (χ0n) is 17.0. The second-order valence-corrected chi connectivity index (χ2v) is 8.29. The van der Waals surface area contributed by atoms with Gasteiger partial charge in [-0.3, -0.25) is 14.5 Å². The molecule has 0 bridgehead atoms. The van der Waals surface area contributed by atoms with Crippen LogP contribution in [0.25, 0.3) is 0 Å². The van der Waals surface area contributed by atoms with E-state index in [0.717, 1.165) is 58.5 Å². The maximum atomic E-state index is 12.4. The second-order valence-electron chi connectivity index (χ2n) is 8.29. The van der Waals surface area contributed by atoms with Crippen LogP contribution in [0.1, 0.15) is 57.8 Å². The lowest BCUT2D eigenvalue weighted by Gasteiger charge is -2.35. The number of carbonyl (C=O) groups excluding carboxylic acids is 2. The average molecular weight is 437 g/mol. The van der Waals surface area contributed by atoms with E-state index in [9.17, 15) is 9.59 Å². The van der Waals surface area contributed by atoms with E-state index in [1.165, 1.54) is 32.1 Å². The number of amides is 2. The van der Waals surface area contributed by atoms with Gasteiger partial charge in [-0.2, -0.15) is 0 Å². The van der Waals surface area contributed by atoms with Crippen LogP contribution in [-0.2, 0) is 9.59 Å². The molecule has 0 radical (unpaired) electrons. The highest BCUT2D eigenvalue weighted by Gasteiger charge is 2.24. The monoisotopic (exact) mass is 436 g/mol. The molecular weight excluding hydrogens is 399 g/mol. The van der Waals surface area contributed by atoms with Crippen LogP contribution in [0, 0.1) is 5.92 Å². The van der Waals surface area contributed by atoms with Crippen molar-refractivity contribution in [2.75, 3.05) is 45.8 Å². The Labute approximate surface area is 182 Å². The summed E-state index contributed by atoms with van der Waals surface area (Å²) >= 11 is 0. The molecule has 28 heavy (non-hydrogen) atoms. The Balaban J connectivity index is 0.00000196. The molecule has 6 nitrogen and oxygen atoms in total. The first kappa shape index (κ1) is 25.5. The lowest BCUT2D eigenvalue weighted by molar-refractivity contribution is -0.133. The highest BCUT2D eigenvalue weighted by atomic mass is 35.5. The largest absolute Gasteiger partial charge is 0.352 e. The van der Waals surface area contributed by atoms with Crippen LogP contribution in [-0.4, -0.2) is 73.5 Å². The van der Waals surface area contributed by atoms with E-state index in [0.29, 0.717) is 30.8 Å². The lowest BCUT2D eigenvalue weighted by Crippen LogP contribution is -2.52. The van der Waals surface area contributed by atoms with Crippen molar-refractivity contribution < 1.29 is 9.59 Å². The Morgan fingerprint density at radius 3 is 2.18 bits per heavy atom. The van der Waals surface area contributed by atoms with Crippen molar-refractivity contribution >= 4 is 36.6 Å². The summed E-state index contributed by atoms with van der Waals surface area (Å²) in [7, 11) is 0. The molecule has 0 unspecified atom stereocenters. The standard InChI is InChI=1S/C20H36N4O2.2ClH/c25-19(22-18-4-2-1-3-5-18)16-23-12-14-24(15-13-23)20(26)7-6-17-8-10-21-11-9-17;;/h17-18,21H,1-16H2,(H,22,25);2*1H. The number of nitrogens with zero attached hydrogens (tertiary/aromatic N) is 2. The summed E-state index contributed by atoms with van der Waals surface area (Å²) in [5.74, 6) is 1.17. The third-order valence-corrected chi connectivity index (χ3v) is 6.29. The molecule has 2 saturated heterocycles. The van der Waals surface area contributed by atoms with Crippen LogP contribution in [0.3, 0.4) is 0 Å².